The van der Waals surface area contributed by atoms with Crippen LogP contribution in [0.3, 0.4) is 0 Å². The summed E-state index contributed by atoms with van der Waals surface area (Å²) in [7, 11) is 1.80. The Morgan fingerprint density at radius 2 is 1.67 bits per heavy atom. The van der Waals surface area contributed by atoms with Gasteiger partial charge in [0.25, 0.3) is 5.91 Å². The molecule has 0 spiro atoms. The number of carbonyl (C=O) groups excluding carboxylic acids is 4. The zero-order chi connectivity index (χ0) is 32.6. The van der Waals surface area contributed by atoms with E-state index in [-0.39, 0.29) is 35.2 Å². The number of fused-ring (bicyclic) bond motifs is 5. The maximum Gasteiger partial charge on any atom is 0.328 e. The number of rotatable bonds is 12. The summed E-state index contributed by atoms with van der Waals surface area (Å²) in [6, 6.07) is 5.08. The molecule has 2 N–H and O–H groups in total. The van der Waals surface area contributed by atoms with E-state index in [4.69, 9.17) is 14.2 Å². The molecule has 0 aromatic heterocycles. The summed E-state index contributed by atoms with van der Waals surface area (Å²) in [4.78, 5) is 50.6. The van der Waals surface area contributed by atoms with Crippen LogP contribution in [0.15, 0.2) is 18.2 Å². The number of epoxide rings is 1. The van der Waals surface area contributed by atoms with Gasteiger partial charge in [0.2, 0.25) is 0 Å². The smallest absolute Gasteiger partial charge is 0.328 e. The van der Waals surface area contributed by atoms with Crippen LogP contribution in [0.2, 0.25) is 0 Å². The monoisotopic (exact) mass is 624 g/mol. The molecule has 5 rings (SSSR count). The topological polar surface area (TPSA) is 123 Å². The average Bonchev–Trinajstić information content (AvgIpc) is 3.73. The molecule has 4 aliphatic rings. The molecule has 0 bridgehead atoms. The number of hydrogen-bond acceptors (Lipinski definition) is 8. The third-order valence-corrected chi connectivity index (χ3v) is 10.9. The number of hydrogen-bond donors (Lipinski definition) is 2. The first-order chi connectivity index (χ1) is 21.3. The molecule has 1 aromatic rings. The van der Waals surface area contributed by atoms with Crippen molar-refractivity contribution in [2.75, 3.05) is 7.05 Å². The Labute approximate surface area is 267 Å². The standard InChI is InChI=1S/C36H52N2O7/c1-19(2)16-28(37-7)34(41)43-23-9-11-24-22(18-23)8-10-26-25(24)14-15-36(6)27(26)12-13-30(36)44-35(42)29(17-20(3)4)38-33(40)32-31(45-32)21(5)39/h9,11,18-20,25-32,37H,8,10,12-17H2,1-7H3,(H,38,40)/t25?,26?,27?,28?,29?,30-,31?,32?,36-/m0/s1. The number of amides is 1. The average molecular weight is 625 g/mol. The van der Waals surface area contributed by atoms with E-state index < -0.39 is 30.1 Å². The van der Waals surface area contributed by atoms with E-state index in [9.17, 15) is 19.2 Å². The zero-order valence-electron chi connectivity index (χ0n) is 28.0. The summed E-state index contributed by atoms with van der Waals surface area (Å²) in [6.07, 6.45) is 5.27. The Morgan fingerprint density at radius 3 is 2.31 bits per heavy atom. The maximum atomic E-state index is 13.5. The van der Waals surface area contributed by atoms with Gasteiger partial charge in [0.05, 0.1) is 0 Å². The van der Waals surface area contributed by atoms with E-state index in [0.717, 1.165) is 44.9 Å². The van der Waals surface area contributed by atoms with Crippen molar-refractivity contribution >= 4 is 23.6 Å². The van der Waals surface area contributed by atoms with Crippen molar-refractivity contribution in [1.82, 2.24) is 10.6 Å². The van der Waals surface area contributed by atoms with Crippen LogP contribution < -0.4 is 15.4 Å². The van der Waals surface area contributed by atoms with Gasteiger partial charge in [0, 0.05) is 5.41 Å². The molecular weight excluding hydrogens is 572 g/mol. The largest absolute Gasteiger partial charge is 0.460 e. The van der Waals surface area contributed by atoms with Crippen molar-refractivity contribution in [2.45, 2.75) is 129 Å². The van der Waals surface area contributed by atoms with E-state index in [1.807, 2.05) is 19.9 Å². The van der Waals surface area contributed by atoms with Gasteiger partial charge in [-0.25, -0.2) is 9.59 Å². The van der Waals surface area contributed by atoms with Crippen LogP contribution in [0.5, 0.6) is 5.75 Å². The SMILES string of the molecule is CNC(CC(C)C)C(=O)Oc1ccc2c(c1)CCC1C2CC[C@@]2(C)C1CC[C@@H]2OC(=O)C(CC(C)C)NC(=O)C1OC1C(C)=O. The zero-order valence-corrected chi connectivity index (χ0v) is 28.0. The van der Waals surface area contributed by atoms with Crippen LogP contribution in [0.25, 0.3) is 0 Å². The molecule has 9 atom stereocenters. The fraction of sp³-hybridized carbons (Fsp3) is 0.722. The van der Waals surface area contributed by atoms with Crippen LogP contribution in [0.1, 0.15) is 104 Å². The van der Waals surface area contributed by atoms with E-state index in [1.54, 1.807) is 7.05 Å². The fourth-order valence-corrected chi connectivity index (χ4v) is 8.54. The predicted octanol–water partition coefficient (Wildman–Crippen LogP) is 4.88. The summed E-state index contributed by atoms with van der Waals surface area (Å²) in [5, 5.41) is 5.90. The first-order valence-electron chi connectivity index (χ1n) is 17.0. The van der Waals surface area contributed by atoms with Crippen molar-refractivity contribution in [3.8, 4) is 5.75 Å². The van der Waals surface area contributed by atoms with Crippen LogP contribution >= 0.6 is 0 Å². The maximum absolute atomic E-state index is 13.5. The summed E-state index contributed by atoms with van der Waals surface area (Å²) >= 11 is 0. The van der Waals surface area contributed by atoms with Crippen molar-refractivity contribution in [3.05, 3.63) is 29.3 Å². The van der Waals surface area contributed by atoms with Gasteiger partial charge in [0.1, 0.15) is 23.9 Å². The second kappa shape index (κ2) is 13.5. The lowest BCUT2D eigenvalue weighted by atomic mass is 9.55. The highest BCUT2D eigenvalue weighted by Gasteiger charge is 2.56. The van der Waals surface area contributed by atoms with Gasteiger partial charge in [-0.3, -0.25) is 9.59 Å². The summed E-state index contributed by atoms with van der Waals surface area (Å²) in [5.41, 5.74) is 2.52. The molecule has 45 heavy (non-hydrogen) atoms. The molecule has 1 saturated heterocycles. The Hall–Kier alpha value is -2.78. The van der Waals surface area contributed by atoms with Crippen molar-refractivity contribution in [2.24, 2.45) is 29.1 Å². The van der Waals surface area contributed by atoms with Gasteiger partial charge in [-0.1, -0.05) is 40.7 Å². The summed E-state index contributed by atoms with van der Waals surface area (Å²) in [5.74, 6) is 1.32. The van der Waals surface area contributed by atoms with Gasteiger partial charge in [-0.05, 0) is 118 Å². The number of aryl methyl sites for hydroxylation is 1. The van der Waals surface area contributed by atoms with Crippen LogP contribution in [-0.4, -0.2) is 61.1 Å². The number of carbonyl (C=O) groups is 4. The molecule has 9 nitrogen and oxygen atoms in total. The molecule has 0 radical (unpaired) electrons. The number of benzene rings is 1. The molecule has 3 fully saturated rings. The number of ketones is 1. The Bertz CT molecular complexity index is 1290. The minimum atomic E-state index is -0.818. The van der Waals surface area contributed by atoms with E-state index in [0.29, 0.717) is 35.8 Å². The molecule has 248 valence electrons. The summed E-state index contributed by atoms with van der Waals surface area (Å²) in [6.45, 7) is 11.9. The summed E-state index contributed by atoms with van der Waals surface area (Å²) < 4.78 is 17.3. The molecule has 7 unspecified atom stereocenters. The van der Waals surface area contributed by atoms with Crippen molar-refractivity contribution < 1.29 is 33.4 Å². The molecule has 1 aliphatic heterocycles. The second-order valence-electron chi connectivity index (χ2n) is 15.0. The predicted molar refractivity (Wildman–Crippen MR) is 170 cm³/mol. The highest BCUT2D eigenvalue weighted by Crippen LogP contribution is 2.61. The van der Waals surface area contributed by atoms with Crippen molar-refractivity contribution in [1.29, 1.82) is 0 Å². The Morgan fingerprint density at radius 1 is 0.956 bits per heavy atom. The van der Waals surface area contributed by atoms with Gasteiger partial charge in [-0.15, -0.1) is 0 Å². The number of ether oxygens (including phenoxy) is 3. The van der Waals surface area contributed by atoms with Gasteiger partial charge in [0.15, 0.2) is 18.0 Å². The van der Waals surface area contributed by atoms with E-state index in [1.165, 1.54) is 18.1 Å². The Balaban J connectivity index is 1.23. The van der Waals surface area contributed by atoms with Crippen LogP contribution in [0, 0.1) is 29.1 Å². The molecule has 1 heterocycles. The normalized spacial score (nSPS) is 31.3. The molecule has 9 heteroatoms. The lowest BCUT2D eigenvalue weighted by Crippen LogP contribution is -2.49. The molecule has 3 aliphatic carbocycles. The molecule has 1 amide bonds. The number of likely N-dealkylation sites (N-methyl/N-ethyl adjacent to an activating group) is 1. The van der Waals surface area contributed by atoms with Gasteiger partial charge in [-0.2, -0.15) is 0 Å². The third kappa shape index (κ3) is 7.14. The van der Waals surface area contributed by atoms with Crippen LogP contribution in [-0.2, 0) is 35.1 Å². The minimum Gasteiger partial charge on any atom is -0.460 e. The fourth-order valence-electron chi connectivity index (χ4n) is 8.54. The van der Waals surface area contributed by atoms with Gasteiger partial charge >= 0.3 is 11.9 Å². The second-order valence-corrected chi connectivity index (χ2v) is 15.0. The highest BCUT2D eigenvalue weighted by molar-refractivity contribution is 5.96. The van der Waals surface area contributed by atoms with Gasteiger partial charge < -0.3 is 24.8 Å². The molecule has 2 saturated carbocycles. The quantitative estimate of drug-likeness (QED) is 0.192. The number of Topliss-reactive ketones (excluding diaryl/α,β-unsaturated/α-hetero) is 1. The highest BCUT2D eigenvalue weighted by atomic mass is 16.6. The lowest BCUT2D eigenvalue weighted by molar-refractivity contribution is -0.161. The number of nitrogens with one attached hydrogen (secondary N) is 2. The van der Waals surface area contributed by atoms with Crippen LogP contribution in [0.4, 0.5) is 0 Å². The van der Waals surface area contributed by atoms with E-state index in [2.05, 4.69) is 43.5 Å². The first-order valence-corrected chi connectivity index (χ1v) is 17.0. The minimum absolute atomic E-state index is 0.117. The molecular formula is C36H52N2O7. The first kappa shape index (κ1) is 33.6. The van der Waals surface area contributed by atoms with E-state index >= 15 is 0 Å². The Kier molecular flexibility index (Phi) is 10.1. The van der Waals surface area contributed by atoms with Crippen molar-refractivity contribution in [3.63, 3.8) is 0 Å². The molecule has 1 aromatic carbocycles. The third-order valence-electron chi connectivity index (χ3n) is 10.9. The number of esters is 2. The lowest BCUT2D eigenvalue weighted by Gasteiger charge is -2.50.